The number of nitrogens with zero attached hydrogens (tertiary/aromatic N) is 1. The molecule has 0 unspecified atom stereocenters. The summed E-state index contributed by atoms with van der Waals surface area (Å²) in [5.74, 6) is 0.626. The van der Waals surface area contributed by atoms with E-state index in [0.717, 1.165) is 17.1 Å². The Bertz CT molecular complexity index is 1060. The molecule has 0 N–H and O–H groups in total. The zero-order chi connectivity index (χ0) is 23.5. The normalized spacial score (nSPS) is 17.5. The standard InChI is InChI=1S/C27H35F3NO2/c1-31(2,20-11-8-6-4-3-5-7-9-12-20)17-18-32-21-15-16-22-23-13-10-14-24(27(28,29)30)26(23)33-25(22)19-21/h10,13-16,19-20H,3-9,11-12,17-18H2,1-2H3/q+1. The second-order valence-electron chi connectivity index (χ2n) is 10.00. The van der Waals surface area contributed by atoms with Crippen LogP contribution in [-0.2, 0) is 6.18 Å². The molecule has 1 aromatic heterocycles. The van der Waals surface area contributed by atoms with Gasteiger partial charge in [0.15, 0.2) is 0 Å². The predicted molar refractivity (Wildman–Crippen MR) is 127 cm³/mol. The van der Waals surface area contributed by atoms with E-state index in [4.69, 9.17) is 9.15 Å². The summed E-state index contributed by atoms with van der Waals surface area (Å²) >= 11 is 0. The molecular formula is C27H35F3NO2+. The molecule has 0 radical (unpaired) electrons. The van der Waals surface area contributed by atoms with Gasteiger partial charge < -0.3 is 13.6 Å². The van der Waals surface area contributed by atoms with Crippen molar-refractivity contribution in [3.63, 3.8) is 0 Å². The SMILES string of the molecule is C[N+](C)(CCOc1ccc2c(c1)oc1c(C(F)(F)F)cccc12)C1CCCCCCCCC1. The van der Waals surface area contributed by atoms with Crippen LogP contribution in [0.2, 0.25) is 0 Å². The van der Waals surface area contributed by atoms with Gasteiger partial charge in [0.25, 0.3) is 0 Å². The monoisotopic (exact) mass is 462 g/mol. The molecule has 6 heteroatoms. The van der Waals surface area contributed by atoms with Crippen LogP contribution in [0, 0.1) is 0 Å². The number of quaternary nitrogens is 1. The van der Waals surface area contributed by atoms with Gasteiger partial charge in [-0.3, -0.25) is 0 Å². The molecule has 0 aliphatic heterocycles. The van der Waals surface area contributed by atoms with Crippen LogP contribution >= 0.6 is 0 Å². The third-order valence-corrected chi connectivity index (χ3v) is 7.28. The minimum absolute atomic E-state index is 0.119. The minimum atomic E-state index is -4.45. The molecular weight excluding hydrogens is 427 g/mol. The van der Waals surface area contributed by atoms with Crippen molar-refractivity contribution < 1.29 is 26.8 Å². The van der Waals surface area contributed by atoms with Gasteiger partial charge in [-0.05, 0) is 43.9 Å². The Labute approximate surface area is 194 Å². The van der Waals surface area contributed by atoms with Gasteiger partial charge in [-0.15, -0.1) is 0 Å². The lowest BCUT2D eigenvalue weighted by Gasteiger charge is -2.38. The number of halogens is 3. The van der Waals surface area contributed by atoms with Gasteiger partial charge in [-0.2, -0.15) is 13.2 Å². The molecule has 0 atom stereocenters. The van der Waals surface area contributed by atoms with Crippen LogP contribution in [0.1, 0.15) is 63.4 Å². The molecule has 1 fully saturated rings. The molecule has 180 valence electrons. The number of fused-ring (bicyclic) bond motifs is 3. The van der Waals surface area contributed by atoms with Crippen molar-refractivity contribution in [2.45, 2.75) is 70.0 Å². The second kappa shape index (κ2) is 9.96. The molecule has 1 saturated carbocycles. The van der Waals surface area contributed by atoms with Gasteiger partial charge in [0.2, 0.25) is 0 Å². The van der Waals surface area contributed by atoms with Gasteiger partial charge in [0.05, 0.1) is 25.7 Å². The Balaban J connectivity index is 1.44. The van der Waals surface area contributed by atoms with E-state index in [0.29, 0.717) is 34.8 Å². The zero-order valence-electron chi connectivity index (χ0n) is 19.7. The van der Waals surface area contributed by atoms with Crippen LogP contribution in [0.15, 0.2) is 40.8 Å². The lowest BCUT2D eigenvalue weighted by molar-refractivity contribution is -0.915. The fourth-order valence-electron chi connectivity index (χ4n) is 5.16. The van der Waals surface area contributed by atoms with Gasteiger partial charge in [0.1, 0.15) is 30.1 Å². The average molecular weight is 463 g/mol. The number of hydrogen-bond acceptors (Lipinski definition) is 2. The summed E-state index contributed by atoms with van der Waals surface area (Å²) in [5, 5.41) is 1.14. The molecule has 3 aromatic rings. The Morgan fingerprint density at radius 3 is 2.24 bits per heavy atom. The summed E-state index contributed by atoms with van der Waals surface area (Å²) in [6.45, 7) is 1.45. The number of ether oxygens (including phenoxy) is 1. The lowest BCUT2D eigenvalue weighted by atomic mass is 9.95. The van der Waals surface area contributed by atoms with Crippen LogP contribution in [0.3, 0.4) is 0 Å². The molecule has 1 heterocycles. The van der Waals surface area contributed by atoms with E-state index in [2.05, 4.69) is 14.1 Å². The first-order chi connectivity index (χ1) is 15.8. The van der Waals surface area contributed by atoms with Crippen molar-refractivity contribution in [2.75, 3.05) is 27.2 Å². The lowest BCUT2D eigenvalue weighted by Crippen LogP contribution is -2.51. The summed E-state index contributed by atoms with van der Waals surface area (Å²) < 4.78 is 52.7. The first-order valence-electron chi connectivity index (χ1n) is 12.2. The zero-order valence-corrected chi connectivity index (χ0v) is 19.7. The molecule has 33 heavy (non-hydrogen) atoms. The summed E-state index contributed by atoms with van der Waals surface area (Å²) in [4.78, 5) is 0. The molecule has 3 nitrogen and oxygen atoms in total. The molecule has 1 aliphatic rings. The van der Waals surface area contributed by atoms with E-state index in [9.17, 15) is 13.2 Å². The van der Waals surface area contributed by atoms with Crippen LogP contribution < -0.4 is 4.74 Å². The fourth-order valence-corrected chi connectivity index (χ4v) is 5.16. The summed E-state index contributed by atoms with van der Waals surface area (Å²) in [5.41, 5.74) is -0.449. The highest BCUT2D eigenvalue weighted by Gasteiger charge is 2.34. The van der Waals surface area contributed by atoms with E-state index >= 15 is 0 Å². The van der Waals surface area contributed by atoms with E-state index in [1.165, 1.54) is 63.9 Å². The van der Waals surface area contributed by atoms with Crippen molar-refractivity contribution in [3.05, 3.63) is 42.0 Å². The van der Waals surface area contributed by atoms with Crippen LogP contribution in [0.4, 0.5) is 13.2 Å². The highest BCUT2D eigenvalue weighted by molar-refractivity contribution is 6.06. The Kier molecular flexibility index (Phi) is 7.22. The Morgan fingerprint density at radius 2 is 1.58 bits per heavy atom. The number of para-hydroxylation sites is 1. The maximum absolute atomic E-state index is 13.4. The van der Waals surface area contributed by atoms with Gasteiger partial charge in [-0.1, -0.05) is 44.2 Å². The first kappa shape index (κ1) is 23.9. The molecule has 0 amide bonds. The molecule has 2 aromatic carbocycles. The van der Waals surface area contributed by atoms with Crippen LogP contribution in [0.25, 0.3) is 21.9 Å². The van der Waals surface area contributed by atoms with Crippen molar-refractivity contribution >= 4 is 21.9 Å². The predicted octanol–water partition coefficient (Wildman–Crippen LogP) is 7.95. The van der Waals surface area contributed by atoms with E-state index in [1.807, 2.05) is 6.07 Å². The van der Waals surface area contributed by atoms with E-state index in [1.54, 1.807) is 18.2 Å². The molecule has 0 saturated heterocycles. The molecule has 1 aliphatic carbocycles. The van der Waals surface area contributed by atoms with Crippen molar-refractivity contribution in [1.29, 1.82) is 0 Å². The minimum Gasteiger partial charge on any atom is -0.488 e. The van der Waals surface area contributed by atoms with Gasteiger partial charge in [0, 0.05) is 16.8 Å². The summed E-state index contributed by atoms with van der Waals surface area (Å²) in [6.07, 6.45) is 7.44. The van der Waals surface area contributed by atoms with Gasteiger partial charge >= 0.3 is 6.18 Å². The van der Waals surface area contributed by atoms with E-state index < -0.39 is 11.7 Å². The number of benzene rings is 2. The first-order valence-corrected chi connectivity index (χ1v) is 12.2. The third-order valence-electron chi connectivity index (χ3n) is 7.28. The molecule has 4 rings (SSSR count). The smallest absolute Gasteiger partial charge is 0.420 e. The van der Waals surface area contributed by atoms with Crippen molar-refractivity contribution in [3.8, 4) is 5.75 Å². The van der Waals surface area contributed by atoms with Crippen LogP contribution in [-0.4, -0.2) is 37.8 Å². The number of likely N-dealkylation sites (N-methyl/N-ethyl adjacent to an activating group) is 1. The summed E-state index contributed by atoms with van der Waals surface area (Å²) in [7, 11) is 4.59. The highest BCUT2D eigenvalue weighted by Crippen LogP contribution is 2.39. The number of hydrogen-bond donors (Lipinski definition) is 0. The molecule has 0 spiro atoms. The number of furan rings is 1. The van der Waals surface area contributed by atoms with Gasteiger partial charge in [-0.25, -0.2) is 0 Å². The maximum atomic E-state index is 13.4. The topological polar surface area (TPSA) is 22.4 Å². The van der Waals surface area contributed by atoms with Crippen molar-refractivity contribution in [2.24, 2.45) is 0 Å². The van der Waals surface area contributed by atoms with Crippen molar-refractivity contribution in [1.82, 2.24) is 0 Å². The molecule has 0 bridgehead atoms. The number of rotatable bonds is 5. The highest BCUT2D eigenvalue weighted by atomic mass is 19.4. The maximum Gasteiger partial charge on any atom is 0.420 e. The van der Waals surface area contributed by atoms with E-state index in [-0.39, 0.29) is 5.58 Å². The second-order valence-corrected chi connectivity index (χ2v) is 10.00. The average Bonchev–Trinajstić information content (AvgIpc) is 3.14. The largest absolute Gasteiger partial charge is 0.488 e. The Hall–Kier alpha value is -2.21. The quantitative estimate of drug-likeness (QED) is 0.359. The van der Waals surface area contributed by atoms with Crippen LogP contribution in [0.5, 0.6) is 5.75 Å². The summed E-state index contributed by atoms with van der Waals surface area (Å²) in [6, 6.07) is 10.1. The number of alkyl halides is 3. The fraction of sp³-hybridized carbons (Fsp3) is 0.556. The Morgan fingerprint density at radius 1 is 0.909 bits per heavy atom. The third kappa shape index (κ3) is 5.65.